The number of hydrogen-bond acceptors (Lipinski definition) is 5. The molecule has 0 aromatic heterocycles. The molecule has 0 bridgehead atoms. The van der Waals surface area contributed by atoms with Gasteiger partial charge in [0.15, 0.2) is 0 Å². The van der Waals surface area contributed by atoms with E-state index >= 15 is 0 Å². The monoisotopic (exact) mass is 424 g/mol. The molecule has 0 spiro atoms. The van der Waals surface area contributed by atoms with Gasteiger partial charge in [0.2, 0.25) is 11.8 Å². The Labute approximate surface area is 173 Å². The van der Waals surface area contributed by atoms with Crippen molar-refractivity contribution in [2.75, 3.05) is 69.3 Å². The molecule has 29 heavy (non-hydrogen) atoms. The summed E-state index contributed by atoms with van der Waals surface area (Å²) < 4.78 is 18.2. The Kier molecular flexibility index (Phi) is 7.70. The highest BCUT2D eigenvalue weighted by Crippen LogP contribution is 2.12. The quantitative estimate of drug-likeness (QED) is 0.765. The lowest BCUT2D eigenvalue weighted by atomic mass is 10.3. The molecular weight excluding hydrogens is 399 g/mol. The van der Waals surface area contributed by atoms with E-state index in [1.165, 1.54) is 36.0 Å². The smallest absolute Gasteiger partial charge is 0.321 e. The van der Waals surface area contributed by atoms with Crippen molar-refractivity contribution in [2.45, 2.75) is 0 Å². The number of thioether (sulfide) groups is 1. The maximum Gasteiger partial charge on any atom is 0.321 e. The lowest BCUT2D eigenvalue weighted by Crippen LogP contribution is -2.52. The van der Waals surface area contributed by atoms with Gasteiger partial charge in [-0.1, -0.05) is 0 Å². The Balaban J connectivity index is 1.35. The molecule has 0 radical (unpaired) electrons. The zero-order chi connectivity index (χ0) is 20.6. The van der Waals surface area contributed by atoms with E-state index < -0.39 is 0 Å². The second-order valence-electron chi connectivity index (χ2n) is 6.79. The van der Waals surface area contributed by atoms with E-state index in [1.54, 1.807) is 14.7 Å². The largest absolute Gasteiger partial charge is 0.378 e. The minimum atomic E-state index is -0.361. The predicted octanol–water partition coefficient (Wildman–Crippen LogP) is 1.09. The molecule has 1 aromatic rings. The highest BCUT2D eigenvalue weighted by molar-refractivity contribution is 8.00. The molecule has 10 heteroatoms. The molecule has 2 heterocycles. The lowest BCUT2D eigenvalue weighted by molar-refractivity contribution is -0.132. The lowest BCUT2D eigenvalue weighted by Gasteiger charge is -2.34. The average Bonchev–Trinajstić information content (AvgIpc) is 2.76. The van der Waals surface area contributed by atoms with Crippen LogP contribution in [0.25, 0.3) is 0 Å². The van der Waals surface area contributed by atoms with E-state index in [9.17, 15) is 18.8 Å². The molecule has 2 aliphatic rings. The van der Waals surface area contributed by atoms with E-state index in [1.807, 2.05) is 0 Å². The van der Waals surface area contributed by atoms with Crippen LogP contribution in [-0.2, 0) is 14.3 Å². The van der Waals surface area contributed by atoms with Crippen molar-refractivity contribution in [3.05, 3.63) is 30.1 Å². The number of halogens is 1. The molecule has 0 aliphatic carbocycles. The minimum Gasteiger partial charge on any atom is -0.378 e. The van der Waals surface area contributed by atoms with E-state index in [2.05, 4.69) is 5.32 Å². The van der Waals surface area contributed by atoms with Crippen molar-refractivity contribution in [3.8, 4) is 0 Å². The number of carbonyl (C=O) groups excluding carboxylic acids is 3. The highest BCUT2D eigenvalue weighted by atomic mass is 32.2. The van der Waals surface area contributed by atoms with Gasteiger partial charge < -0.3 is 24.8 Å². The second kappa shape index (κ2) is 10.4. The SMILES string of the molecule is O=C(CSCC(=O)N1CCN(C(=O)Nc2ccc(F)cc2)CC1)N1CCOCC1. The van der Waals surface area contributed by atoms with Crippen LogP contribution in [0.5, 0.6) is 0 Å². The summed E-state index contributed by atoms with van der Waals surface area (Å²) in [6.07, 6.45) is 0. The zero-order valence-electron chi connectivity index (χ0n) is 16.1. The van der Waals surface area contributed by atoms with Crippen molar-refractivity contribution >= 4 is 35.3 Å². The van der Waals surface area contributed by atoms with E-state index in [4.69, 9.17) is 4.74 Å². The number of ether oxygens (including phenoxy) is 1. The summed E-state index contributed by atoms with van der Waals surface area (Å²) >= 11 is 1.32. The molecule has 0 unspecified atom stereocenters. The summed E-state index contributed by atoms with van der Waals surface area (Å²) in [5.74, 6) is 0.181. The number of nitrogens with zero attached hydrogens (tertiary/aromatic N) is 3. The number of nitrogens with one attached hydrogen (secondary N) is 1. The van der Waals surface area contributed by atoms with Gasteiger partial charge in [0.05, 0.1) is 24.7 Å². The molecular formula is C19H25FN4O4S. The van der Waals surface area contributed by atoms with Crippen LogP contribution in [0.4, 0.5) is 14.9 Å². The number of amides is 4. The topological polar surface area (TPSA) is 82.2 Å². The molecule has 0 atom stereocenters. The van der Waals surface area contributed by atoms with Gasteiger partial charge in [-0.05, 0) is 24.3 Å². The summed E-state index contributed by atoms with van der Waals surface area (Å²) in [5.41, 5.74) is 0.524. The standard InChI is InChI=1S/C19H25FN4O4S/c20-15-1-3-16(4-2-15)21-19(27)24-7-5-22(6-8-24)17(25)13-29-14-18(26)23-9-11-28-12-10-23/h1-4H,5-14H2,(H,21,27). The maximum absolute atomic E-state index is 12.9. The summed E-state index contributed by atoms with van der Waals surface area (Å²) in [6.45, 7) is 4.10. The fourth-order valence-corrected chi connectivity index (χ4v) is 3.93. The molecule has 4 amide bonds. The van der Waals surface area contributed by atoms with E-state index in [0.717, 1.165) is 0 Å². The number of rotatable bonds is 5. The van der Waals surface area contributed by atoms with Gasteiger partial charge in [0, 0.05) is 45.0 Å². The Morgan fingerprint density at radius 2 is 1.38 bits per heavy atom. The van der Waals surface area contributed by atoms with Crippen molar-refractivity contribution in [1.82, 2.24) is 14.7 Å². The number of anilines is 1. The summed E-state index contributed by atoms with van der Waals surface area (Å²) in [4.78, 5) is 41.9. The normalized spacial score (nSPS) is 17.2. The molecule has 3 rings (SSSR count). The molecule has 158 valence electrons. The number of urea groups is 1. The molecule has 0 saturated carbocycles. The number of morpholine rings is 1. The van der Waals surface area contributed by atoms with Crippen LogP contribution < -0.4 is 5.32 Å². The average molecular weight is 424 g/mol. The van der Waals surface area contributed by atoms with Gasteiger partial charge in [0.25, 0.3) is 0 Å². The second-order valence-corrected chi connectivity index (χ2v) is 7.78. The zero-order valence-corrected chi connectivity index (χ0v) is 17.0. The van der Waals surface area contributed by atoms with Crippen molar-refractivity contribution < 1.29 is 23.5 Å². The Bertz CT molecular complexity index is 719. The highest BCUT2D eigenvalue weighted by Gasteiger charge is 2.24. The van der Waals surface area contributed by atoms with Crippen molar-refractivity contribution in [1.29, 1.82) is 0 Å². The first-order valence-corrected chi connectivity index (χ1v) is 10.7. The van der Waals surface area contributed by atoms with Crippen LogP contribution in [0, 0.1) is 5.82 Å². The van der Waals surface area contributed by atoms with E-state index in [0.29, 0.717) is 58.2 Å². The molecule has 2 fully saturated rings. The van der Waals surface area contributed by atoms with Gasteiger partial charge in [-0.15, -0.1) is 11.8 Å². The fraction of sp³-hybridized carbons (Fsp3) is 0.526. The first-order valence-electron chi connectivity index (χ1n) is 9.55. The van der Waals surface area contributed by atoms with Crippen LogP contribution in [0.3, 0.4) is 0 Å². The number of carbonyl (C=O) groups is 3. The maximum atomic E-state index is 12.9. The Morgan fingerprint density at radius 1 is 0.862 bits per heavy atom. The molecule has 1 aromatic carbocycles. The fourth-order valence-electron chi connectivity index (χ4n) is 3.12. The summed E-state index contributed by atoms with van der Waals surface area (Å²) in [7, 11) is 0. The van der Waals surface area contributed by atoms with Crippen molar-refractivity contribution in [2.24, 2.45) is 0 Å². The first kappa shape index (κ1) is 21.4. The van der Waals surface area contributed by atoms with Crippen LogP contribution in [0.1, 0.15) is 0 Å². The third-order valence-corrected chi connectivity index (χ3v) is 5.73. The van der Waals surface area contributed by atoms with Gasteiger partial charge in [-0.2, -0.15) is 0 Å². The predicted molar refractivity (Wildman–Crippen MR) is 108 cm³/mol. The van der Waals surface area contributed by atoms with Crippen LogP contribution >= 0.6 is 11.8 Å². The molecule has 8 nitrogen and oxygen atoms in total. The first-order chi connectivity index (χ1) is 14.0. The number of piperazine rings is 1. The van der Waals surface area contributed by atoms with Gasteiger partial charge in [0.1, 0.15) is 5.82 Å². The van der Waals surface area contributed by atoms with E-state index in [-0.39, 0.29) is 35.2 Å². The van der Waals surface area contributed by atoms with Gasteiger partial charge in [-0.3, -0.25) is 9.59 Å². The third-order valence-electron chi connectivity index (χ3n) is 4.83. The number of hydrogen-bond donors (Lipinski definition) is 1. The Hall–Kier alpha value is -2.33. The van der Waals surface area contributed by atoms with Crippen LogP contribution in [0.2, 0.25) is 0 Å². The summed E-state index contributed by atoms with van der Waals surface area (Å²) in [5, 5.41) is 2.72. The Morgan fingerprint density at radius 3 is 1.97 bits per heavy atom. The molecule has 2 saturated heterocycles. The molecule has 1 N–H and O–H groups in total. The molecule has 2 aliphatic heterocycles. The third kappa shape index (κ3) is 6.33. The summed E-state index contributed by atoms with van der Waals surface area (Å²) in [6, 6.07) is 5.31. The minimum absolute atomic E-state index is 0.0247. The van der Waals surface area contributed by atoms with Crippen LogP contribution in [0.15, 0.2) is 24.3 Å². The van der Waals surface area contributed by atoms with Crippen molar-refractivity contribution in [3.63, 3.8) is 0 Å². The van der Waals surface area contributed by atoms with Crippen LogP contribution in [-0.4, -0.2) is 96.5 Å². The number of benzene rings is 1. The van der Waals surface area contributed by atoms with Gasteiger partial charge >= 0.3 is 6.03 Å². The van der Waals surface area contributed by atoms with Gasteiger partial charge in [-0.25, -0.2) is 9.18 Å².